The molecular formula is C19H20N2O5S. The van der Waals surface area contributed by atoms with E-state index in [4.69, 9.17) is 5.11 Å². The quantitative estimate of drug-likeness (QED) is 0.675. The normalized spacial score (nSPS) is 15.4. The van der Waals surface area contributed by atoms with Crippen LogP contribution in [0.1, 0.15) is 36.0 Å². The summed E-state index contributed by atoms with van der Waals surface area (Å²) in [4.78, 5) is 23.5. The minimum atomic E-state index is -3.76. The van der Waals surface area contributed by atoms with E-state index in [0.717, 1.165) is 6.42 Å². The van der Waals surface area contributed by atoms with Crippen molar-refractivity contribution < 1.29 is 23.1 Å². The third-order valence-corrected chi connectivity index (χ3v) is 6.03. The van der Waals surface area contributed by atoms with Gasteiger partial charge in [-0.3, -0.25) is 14.3 Å². The van der Waals surface area contributed by atoms with Crippen LogP contribution in [-0.2, 0) is 14.8 Å². The van der Waals surface area contributed by atoms with Crippen molar-refractivity contribution in [1.82, 2.24) is 5.32 Å². The highest BCUT2D eigenvalue weighted by atomic mass is 32.2. The molecule has 8 heteroatoms. The van der Waals surface area contributed by atoms with Crippen molar-refractivity contribution in [2.45, 2.75) is 36.1 Å². The lowest BCUT2D eigenvalue weighted by molar-refractivity contribution is -0.139. The van der Waals surface area contributed by atoms with E-state index < -0.39 is 27.4 Å². The summed E-state index contributed by atoms with van der Waals surface area (Å²) in [7, 11) is -3.76. The highest BCUT2D eigenvalue weighted by molar-refractivity contribution is 7.92. The molecule has 2 aromatic carbocycles. The Morgan fingerprint density at radius 3 is 2.15 bits per heavy atom. The SMILES string of the molecule is O=C(O)CC1(NC(=O)c2ccc(S(=O)(=O)Nc3ccccc3)cc2)CCC1. The van der Waals surface area contributed by atoms with Crippen LogP contribution in [0.3, 0.4) is 0 Å². The summed E-state index contributed by atoms with van der Waals surface area (Å²) in [5.41, 5.74) is 0.0213. The minimum Gasteiger partial charge on any atom is -0.481 e. The number of benzene rings is 2. The second kappa shape index (κ2) is 7.40. The van der Waals surface area contributed by atoms with Crippen molar-refractivity contribution in [3.05, 3.63) is 60.2 Å². The van der Waals surface area contributed by atoms with Crippen LogP contribution in [0.2, 0.25) is 0 Å². The van der Waals surface area contributed by atoms with Gasteiger partial charge in [-0.05, 0) is 55.7 Å². The monoisotopic (exact) mass is 388 g/mol. The van der Waals surface area contributed by atoms with E-state index in [-0.39, 0.29) is 16.9 Å². The van der Waals surface area contributed by atoms with Crippen molar-refractivity contribution in [2.75, 3.05) is 4.72 Å². The van der Waals surface area contributed by atoms with Gasteiger partial charge in [0.05, 0.1) is 16.9 Å². The van der Waals surface area contributed by atoms with Crippen LogP contribution in [0.15, 0.2) is 59.5 Å². The number of rotatable bonds is 7. The summed E-state index contributed by atoms with van der Waals surface area (Å²) in [5, 5.41) is 11.8. The molecule has 1 amide bonds. The van der Waals surface area contributed by atoms with Gasteiger partial charge >= 0.3 is 5.97 Å². The average Bonchev–Trinajstić information content (AvgIpc) is 2.60. The van der Waals surface area contributed by atoms with Gasteiger partial charge in [-0.2, -0.15) is 0 Å². The number of carboxylic acid groups (broad SMARTS) is 1. The first-order chi connectivity index (χ1) is 12.8. The van der Waals surface area contributed by atoms with Gasteiger partial charge in [-0.15, -0.1) is 0 Å². The third-order valence-electron chi connectivity index (χ3n) is 4.63. The lowest BCUT2D eigenvalue weighted by atomic mass is 9.74. The Labute approximate surface area is 157 Å². The Morgan fingerprint density at radius 1 is 1.00 bits per heavy atom. The van der Waals surface area contributed by atoms with E-state index in [0.29, 0.717) is 18.5 Å². The van der Waals surface area contributed by atoms with Crippen molar-refractivity contribution in [1.29, 1.82) is 0 Å². The zero-order valence-electron chi connectivity index (χ0n) is 14.5. The standard InChI is InChI=1S/C19H20N2O5S/c22-17(23)13-19(11-4-12-19)20-18(24)14-7-9-16(10-8-14)27(25,26)21-15-5-2-1-3-6-15/h1-3,5-10,21H,4,11-13H2,(H,20,24)(H,22,23). The molecule has 0 spiro atoms. The molecule has 0 radical (unpaired) electrons. The number of hydrogen-bond donors (Lipinski definition) is 3. The molecule has 142 valence electrons. The fourth-order valence-electron chi connectivity index (χ4n) is 3.06. The van der Waals surface area contributed by atoms with Crippen LogP contribution in [0.5, 0.6) is 0 Å². The number of para-hydroxylation sites is 1. The Kier molecular flexibility index (Phi) is 5.18. The fraction of sp³-hybridized carbons (Fsp3) is 0.263. The molecule has 0 saturated heterocycles. The van der Waals surface area contributed by atoms with Crippen molar-refractivity contribution >= 4 is 27.6 Å². The number of hydrogen-bond acceptors (Lipinski definition) is 4. The molecule has 0 aliphatic heterocycles. The lowest BCUT2D eigenvalue weighted by Crippen LogP contribution is -2.54. The Balaban J connectivity index is 1.71. The van der Waals surface area contributed by atoms with Gasteiger partial charge in [0.1, 0.15) is 0 Å². The molecular weight excluding hydrogens is 368 g/mol. The van der Waals surface area contributed by atoms with Gasteiger partial charge in [-0.1, -0.05) is 18.2 Å². The molecule has 27 heavy (non-hydrogen) atoms. The number of carbonyl (C=O) groups excluding carboxylic acids is 1. The average molecular weight is 388 g/mol. The summed E-state index contributed by atoms with van der Waals surface area (Å²) in [6, 6.07) is 14.0. The van der Waals surface area contributed by atoms with Crippen LogP contribution in [-0.4, -0.2) is 30.9 Å². The van der Waals surface area contributed by atoms with Crippen molar-refractivity contribution in [3.63, 3.8) is 0 Å². The largest absolute Gasteiger partial charge is 0.481 e. The smallest absolute Gasteiger partial charge is 0.305 e. The number of carbonyl (C=O) groups is 2. The molecule has 0 atom stereocenters. The van der Waals surface area contributed by atoms with E-state index in [1.54, 1.807) is 30.3 Å². The van der Waals surface area contributed by atoms with Crippen LogP contribution >= 0.6 is 0 Å². The summed E-state index contributed by atoms with van der Waals surface area (Å²) >= 11 is 0. The van der Waals surface area contributed by atoms with E-state index in [2.05, 4.69) is 10.0 Å². The Hall–Kier alpha value is -2.87. The van der Waals surface area contributed by atoms with Gasteiger partial charge in [0, 0.05) is 11.3 Å². The van der Waals surface area contributed by atoms with Gasteiger partial charge in [0.2, 0.25) is 0 Å². The molecule has 2 aromatic rings. The molecule has 1 saturated carbocycles. The predicted octanol–water partition coefficient (Wildman–Crippen LogP) is 2.61. The summed E-state index contributed by atoms with van der Waals surface area (Å²) in [6.45, 7) is 0. The molecule has 3 rings (SSSR count). The first-order valence-corrected chi connectivity index (χ1v) is 10.0. The number of aliphatic carboxylic acids is 1. The summed E-state index contributed by atoms with van der Waals surface area (Å²) < 4.78 is 27.3. The maximum absolute atomic E-state index is 12.4. The molecule has 1 aliphatic rings. The second-order valence-electron chi connectivity index (χ2n) is 6.65. The molecule has 0 unspecified atom stereocenters. The summed E-state index contributed by atoms with van der Waals surface area (Å²) in [5.74, 6) is -1.36. The van der Waals surface area contributed by atoms with Crippen LogP contribution in [0, 0.1) is 0 Å². The van der Waals surface area contributed by atoms with E-state index in [1.807, 2.05) is 0 Å². The van der Waals surface area contributed by atoms with Crippen LogP contribution in [0.25, 0.3) is 0 Å². The molecule has 0 heterocycles. The number of anilines is 1. The first kappa shape index (κ1) is 18.9. The predicted molar refractivity (Wildman–Crippen MR) is 100.0 cm³/mol. The molecule has 0 aromatic heterocycles. The summed E-state index contributed by atoms with van der Waals surface area (Å²) in [6.07, 6.45) is 2.00. The van der Waals surface area contributed by atoms with E-state index in [9.17, 15) is 18.0 Å². The molecule has 1 aliphatic carbocycles. The van der Waals surface area contributed by atoms with Crippen LogP contribution in [0.4, 0.5) is 5.69 Å². The zero-order valence-corrected chi connectivity index (χ0v) is 15.3. The van der Waals surface area contributed by atoms with Gasteiger partial charge < -0.3 is 10.4 Å². The topological polar surface area (TPSA) is 113 Å². The number of sulfonamides is 1. The second-order valence-corrected chi connectivity index (χ2v) is 8.34. The third kappa shape index (κ3) is 4.46. The molecule has 3 N–H and O–H groups in total. The number of carboxylic acids is 1. The maximum Gasteiger partial charge on any atom is 0.305 e. The Morgan fingerprint density at radius 2 is 1.63 bits per heavy atom. The highest BCUT2D eigenvalue weighted by Crippen LogP contribution is 2.35. The highest BCUT2D eigenvalue weighted by Gasteiger charge is 2.40. The maximum atomic E-state index is 12.4. The Bertz CT molecular complexity index is 936. The molecule has 1 fully saturated rings. The van der Waals surface area contributed by atoms with Gasteiger partial charge in [-0.25, -0.2) is 8.42 Å². The number of nitrogens with one attached hydrogen (secondary N) is 2. The van der Waals surface area contributed by atoms with Crippen molar-refractivity contribution in [3.8, 4) is 0 Å². The zero-order chi connectivity index (χ0) is 19.5. The fourth-order valence-corrected chi connectivity index (χ4v) is 4.12. The van der Waals surface area contributed by atoms with Gasteiger partial charge in [0.15, 0.2) is 0 Å². The van der Waals surface area contributed by atoms with E-state index >= 15 is 0 Å². The van der Waals surface area contributed by atoms with Gasteiger partial charge in [0.25, 0.3) is 15.9 Å². The van der Waals surface area contributed by atoms with Crippen molar-refractivity contribution in [2.24, 2.45) is 0 Å². The van der Waals surface area contributed by atoms with E-state index in [1.165, 1.54) is 24.3 Å². The lowest BCUT2D eigenvalue weighted by Gasteiger charge is -2.41. The van der Waals surface area contributed by atoms with Crippen LogP contribution < -0.4 is 10.0 Å². The minimum absolute atomic E-state index is 0.0341. The molecule has 7 nitrogen and oxygen atoms in total. The number of amides is 1. The first-order valence-electron chi connectivity index (χ1n) is 8.52. The molecule has 0 bridgehead atoms.